The molecule has 0 radical (unpaired) electrons. The van der Waals surface area contributed by atoms with Gasteiger partial charge in [0.05, 0.1) is 0 Å². The fourth-order valence-electron chi connectivity index (χ4n) is 2.38. The Kier molecular flexibility index (Phi) is 17.5. The van der Waals surface area contributed by atoms with Crippen LogP contribution in [0.5, 0.6) is 0 Å². The van der Waals surface area contributed by atoms with Crippen LogP contribution in [0.3, 0.4) is 0 Å². The van der Waals surface area contributed by atoms with E-state index in [1.165, 1.54) is 77.0 Å². The predicted molar refractivity (Wildman–Crippen MR) is 103 cm³/mol. The monoisotopic (exact) mass is 343 g/mol. The van der Waals surface area contributed by atoms with Gasteiger partial charge in [0.1, 0.15) is 6.04 Å². The van der Waals surface area contributed by atoms with Gasteiger partial charge < -0.3 is 10.8 Å². The van der Waals surface area contributed by atoms with Gasteiger partial charge in [0.25, 0.3) is 0 Å². The van der Waals surface area contributed by atoms with E-state index in [4.69, 9.17) is 10.8 Å². The molecule has 0 amide bonds. The van der Waals surface area contributed by atoms with Crippen molar-refractivity contribution in [3.8, 4) is 0 Å². The van der Waals surface area contributed by atoms with Crippen LogP contribution in [-0.2, 0) is 4.79 Å². The molecule has 0 rings (SSSR count). The fraction of sp³-hybridized carbons (Fsp3) is 0.842. The van der Waals surface area contributed by atoms with Crippen LogP contribution in [0.2, 0.25) is 0 Å². The second kappa shape index (κ2) is 17.9. The lowest BCUT2D eigenvalue weighted by Crippen LogP contribution is -2.32. The van der Waals surface area contributed by atoms with Crippen molar-refractivity contribution in [3.05, 3.63) is 12.2 Å². The van der Waals surface area contributed by atoms with Crippen LogP contribution in [0, 0.1) is 0 Å². The Bertz CT molecular complexity index is 295. The van der Waals surface area contributed by atoms with Crippen molar-refractivity contribution in [2.45, 2.75) is 90.0 Å². The number of unbranched alkanes of at least 4 members (excludes halogenated alkanes) is 10. The standard InChI is InChI=1S/C19H37NO2S/c1-2-3-4-5-6-7-8-9-10-11-12-13-14-15-16-23-17-18(20)19(21)22/h7-8,18H,2-6,9-17,20H2,1H3,(H,21,22)/b8-7-/t18-/m0/s1. The minimum atomic E-state index is -0.896. The molecular formula is C19H37NO2S. The maximum Gasteiger partial charge on any atom is 0.321 e. The first-order chi connectivity index (χ1) is 11.2. The molecule has 0 aliphatic heterocycles. The van der Waals surface area contributed by atoms with Crippen LogP contribution in [-0.4, -0.2) is 28.6 Å². The minimum Gasteiger partial charge on any atom is -0.480 e. The lowest BCUT2D eigenvalue weighted by Gasteiger charge is -2.05. The van der Waals surface area contributed by atoms with Gasteiger partial charge in [-0.2, -0.15) is 11.8 Å². The molecule has 0 aromatic rings. The van der Waals surface area contributed by atoms with E-state index in [2.05, 4.69) is 19.1 Å². The Labute approximate surface area is 147 Å². The highest BCUT2D eigenvalue weighted by atomic mass is 32.2. The van der Waals surface area contributed by atoms with Gasteiger partial charge in [-0.15, -0.1) is 0 Å². The second-order valence-electron chi connectivity index (χ2n) is 6.25. The largest absolute Gasteiger partial charge is 0.480 e. The smallest absolute Gasteiger partial charge is 0.321 e. The first-order valence-corrected chi connectivity index (χ1v) is 10.5. The maximum absolute atomic E-state index is 10.5. The zero-order valence-corrected chi connectivity index (χ0v) is 15.8. The number of rotatable bonds is 17. The average molecular weight is 344 g/mol. The molecule has 0 spiro atoms. The van der Waals surface area contributed by atoms with E-state index in [1.807, 2.05) is 0 Å². The van der Waals surface area contributed by atoms with Crippen LogP contribution >= 0.6 is 11.8 Å². The van der Waals surface area contributed by atoms with Gasteiger partial charge in [-0.3, -0.25) is 4.79 Å². The molecule has 0 aliphatic carbocycles. The molecule has 0 fully saturated rings. The quantitative estimate of drug-likeness (QED) is 0.274. The summed E-state index contributed by atoms with van der Waals surface area (Å²) in [6, 6.07) is -0.709. The van der Waals surface area contributed by atoms with Crippen molar-refractivity contribution in [1.82, 2.24) is 0 Å². The van der Waals surface area contributed by atoms with E-state index >= 15 is 0 Å². The van der Waals surface area contributed by atoms with Gasteiger partial charge in [0.15, 0.2) is 0 Å². The number of hydrogen-bond donors (Lipinski definition) is 2. The van der Waals surface area contributed by atoms with E-state index in [1.54, 1.807) is 11.8 Å². The zero-order chi connectivity index (χ0) is 17.2. The number of carboxylic acid groups (broad SMARTS) is 1. The first kappa shape index (κ1) is 22.5. The Hall–Kier alpha value is -0.480. The third-order valence-corrected chi connectivity index (χ3v) is 5.09. The molecule has 0 saturated carbocycles. The van der Waals surface area contributed by atoms with Gasteiger partial charge in [-0.05, 0) is 37.9 Å². The highest BCUT2D eigenvalue weighted by Crippen LogP contribution is 2.11. The van der Waals surface area contributed by atoms with Crippen LogP contribution < -0.4 is 5.73 Å². The van der Waals surface area contributed by atoms with Gasteiger partial charge >= 0.3 is 5.97 Å². The Balaban J connectivity index is 3.13. The lowest BCUT2D eigenvalue weighted by molar-refractivity contribution is -0.137. The molecule has 0 bridgehead atoms. The van der Waals surface area contributed by atoms with Crippen molar-refractivity contribution >= 4 is 17.7 Å². The van der Waals surface area contributed by atoms with Crippen molar-refractivity contribution in [2.75, 3.05) is 11.5 Å². The molecule has 3 nitrogen and oxygen atoms in total. The van der Waals surface area contributed by atoms with E-state index in [9.17, 15) is 4.79 Å². The molecule has 0 saturated heterocycles. The molecule has 0 aromatic heterocycles. The van der Waals surface area contributed by atoms with Crippen LogP contribution in [0.15, 0.2) is 12.2 Å². The molecule has 3 N–H and O–H groups in total. The third kappa shape index (κ3) is 17.7. The van der Waals surface area contributed by atoms with E-state index in [0.29, 0.717) is 5.75 Å². The lowest BCUT2D eigenvalue weighted by atomic mass is 10.1. The molecule has 4 heteroatoms. The first-order valence-electron chi connectivity index (χ1n) is 9.39. The Morgan fingerprint density at radius 3 is 2.04 bits per heavy atom. The third-order valence-electron chi connectivity index (χ3n) is 3.92. The zero-order valence-electron chi connectivity index (χ0n) is 15.0. The maximum atomic E-state index is 10.5. The van der Waals surface area contributed by atoms with Crippen molar-refractivity contribution in [3.63, 3.8) is 0 Å². The van der Waals surface area contributed by atoms with Gasteiger partial charge in [-0.1, -0.05) is 64.0 Å². The summed E-state index contributed by atoms with van der Waals surface area (Å²) >= 11 is 1.66. The summed E-state index contributed by atoms with van der Waals surface area (Å²) < 4.78 is 0. The summed E-state index contributed by atoms with van der Waals surface area (Å²) in [5, 5.41) is 8.66. The molecule has 0 aliphatic rings. The number of nitrogens with two attached hydrogens (primary N) is 1. The van der Waals surface area contributed by atoms with Crippen LogP contribution in [0.1, 0.15) is 84.0 Å². The van der Waals surface area contributed by atoms with Crippen LogP contribution in [0.4, 0.5) is 0 Å². The van der Waals surface area contributed by atoms with Crippen molar-refractivity contribution < 1.29 is 9.90 Å². The van der Waals surface area contributed by atoms with Crippen molar-refractivity contribution in [1.29, 1.82) is 0 Å². The Morgan fingerprint density at radius 1 is 0.957 bits per heavy atom. The van der Waals surface area contributed by atoms with Crippen LogP contribution in [0.25, 0.3) is 0 Å². The molecule has 1 atom stereocenters. The van der Waals surface area contributed by atoms with E-state index in [-0.39, 0.29) is 0 Å². The van der Waals surface area contributed by atoms with Gasteiger partial charge in [0.2, 0.25) is 0 Å². The number of aliphatic carboxylic acids is 1. The highest BCUT2D eigenvalue weighted by Gasteiger charge is 2.10. The molecule has 0 aromatic carbocycles. The number of carbonyl (C=O) groups is 1. The highest BCUT2D eigenvalue weighted by molar-refractivity contribution is 7.99. The number of hydrogen-bond acceptors (Lipinski definition) is 3. The minimum absolute atomic E-state index is 0.528. The molecular weight excluding hydrogens is 306 g/mol. The molecule has 0 heterocycles. The summed E-state index contributed by atoms with van der Waals surface area (Å²) in [6.07, 6.45) is 20.3. The number of carboxylic acids is 1. The van der Waals surface area contributed by atoms with E-state index in [0.717, 1.165) is 5.75 Å². The van der Waals surface area contributed by atoms with Crippen molar-refractivity contribution in [2.24, 2.45) is 5.73 Å². The normalized spacial score (nSPS) is 12.8. The molecule has 23 heavy (non-hydrogen) atoms. The molecule has 136 valence electrons. The number of thioether (sulfide) groups is 1. The molecule has 0 unspecified atom stereocenters. The number of allylic oxidation sites excluding steroid dienone is 2. The summed E-state index contributed by atoms with van der Waals surface area (Å²) in [5.41, 5.74) is 5.45. The van der Waals surface area contributed by atoms with Gasteiger partial charge in [-0.25, -0.2) is 0 Å². The van der Waals surface area contributed by atoms with Gasteiger partial charge in [0, 0.05) is 5.75 Å². The predicted octanol–water partition coefficient (Wildman–Crippen LogP) is 5.39. The second-order valence-corrected chi connectivity index (χ2v) is 7.40. The Morgan fingerprint density at radius 2 is 1.48 bits per heavy atom. The topological polar surface area (TPSA) is 63.3 Å². The summed E-state index contributed by atoms with van der Waals surface area (Å²) in [6.45, 7) is 2.25. The average Bonchev–Trinajstić information content (AvgIpc) is 2.54. The fourth-order valence-corrected chi connectivity index (χ4v) is 3.35. The van der Waals surface area contributed by atoms with E-state index < -0.39 is 12.0 Å². The SMILES string of the molecule is CCCCCC/C=C\CCCCCCCCSC[C@H](N)C(=O)O. The summed E-state index contributed by atoms with van der Waals surface area (Å²) in [7, 11) is 0. The summed E-state index contributed by atoms with van der Waals surface area (Å²) in [4.78, 5) is 10.5. The summed E-state index contributed by atoms with van der Waals surface area (Å²) in [5.74, 6) is 0.662.